The number of rotatable bonds is 5. The van der Waals surface area contributed by atoms with E-state index in [0.29, 0.717) is 6.04 Å². The van der Waals surface area contributed by atoms with Gasteiger partial charge in [-0.1, -0.05) is 5.21 Å². The third kappa shape index (κ3) is 3.06. The molecular weight excluding hydrogens is 290 g/mol. The lowest BCUT2D eigenvalue weighted by Crippen LogP contribution is -2.59. The van der Waals surface area contributed by atoms with Gasteiger partial charge in [0.2, 0.25) is 0 Å². The van der Waals surface area contributed by atoms with E-state index in [9.17, 15) is 0 Å². The molecule has 2 aromatic heterocycles. The van der Waals surface area contributed by atoms with Crippen molar-refractivity contribution in [3.63, 3.8) is 0 Å². The van der Waals surface area contributed by atoms with E-state index >= 15 is 0 Å². The lowest BCUT2D eigenvalue weighted by Gasteiger charge is -2.44. The van der Waals surface area contributed by atoms with Crippen molar-refractivity contribution in [2.75, 3.05) is 31.6 Å². The summed E-state index contributed by atoms with van der Waals surface area (Å²) in [4.78, 5) is 4.72. The highest BCUT2D eigenvalue weighted by Crippen LogP contribution is 2.25. The van der Waals surface area contributed by atoms with Crippen molar-refractivity contribution < 1.29 is 0 Å². The van der Waals surface area contributed by atoms with Crippen LogP contribution in [0.25, 0.3) is 0 Å². The molecule has 0 atom stereocenters. The molecule has 4 rings (SSSR count). The smallest absolute Gasteiger partial charge is 0.151 e. The SMILES string of the molecule is CN(CCn1ccnn1)C1CN(c2cc3c(nn2)CCCC3)C1. The van der Waals surface area contributed by atoms with Crippen LogP contribution in [-0.2, 0) is 19.4 Å². The predicted molar refractivity (Wildman–Crippen MR) is 87.3 cm³/mol. The maximum Gasteiger partial charge on any atom is 0.151 e. The minimum absolute atomic E-state index is 0.580. The van der Waals surface area contributed by atoms with Crippen LogP contribution in [0.5, 0.6) is 0 Å². The highest BCUT2D eigenvalue weighted by molar-refractivity contribution is 5.45. The molecule has 2 aliphatic rings. The summed E-state index contributed by atoms with van der Waals surface area (Å²) in [5.74, 6) is 1.05. The van der Waals surface area contributed by atoms with Crippen LogP contribution in [0.15, 0.2) is 18.5 Å². The Morgan fingerprint density at radius 3 is 2.91 bits per heavy atom. The molecule has 2 aromatic rings. The predicted octanol–water partition coefficient (Wildman–Crippen LogP) is 0.767. The third-order valence-electron chi connectivity index (χ3n) is 5.02. The van der Waals surface area contributed by atoms with Crippen molar-refractivity contribution in [3.05, 3.63) is 29.7 Å². The van der Waals surface area contributed by atoms with Crippen LogP contribution >= 0.6 is 0 Å². The minimum Gasteiger partial charge on any atom is -0.352 e. The summed E-state index contributed by atoms with van der Waals surface area (Å²) >= 11 is 0. The van der Waals surface area contributed by atoms with Gasteiger partial charge in [0.05, 0.1) is 18.4 Å². The van der Waals surface area contributed by atoms with E-state index in [0.717, 1.165) is 44.8 Å². The van der Waals surface area contributed by atoms with E-state index in [2.05, 4.69) is 43.4 Å². The summed E-state index contributed by atoms with van der Waals surface area (Å²) in [6.45, 7) is 3.92. The largest absolute Gasteiger partial charge is 0.352 e. The Morgan fingerprint density at radius 2 is 2.09 bits per heavy atom. The second-order valence-corrected chi connectivity index (χ2v) is 6.59. The summed E-state index contributed by atoms with van der Waals surface area (Å²) < 4.78 is 1.88. The fraction of sp³-hybridized carbons (Fsp3) is 0.625. The topological polar surface area (TPSA) is 63.0 Å². The van der Waals surface area contributed by atoms with Gasteiger partial charge in [0.15, 0.2) is 5.82 Å². The van der Waals surface area contributed by atoms with Gasteiger partial charge in [-0.3, -0.25) is 9.58 Å². The Kier molecular flexibility index (Phi) is 3.95. The first-order valence-corrected chi connectivity index (χ1v) is 8.44. The van der Waals surface area contributed by atoms with Crippen molar-refractivity contribution in [3.8, 4) is 0 Å². The first kappa shape index (κ1) is 14.6. The van der Waals surface area contributed by atoms with Crippen LogP contribution < -0.4 is 4.90 Å². The van der Waals surface area contributed by atoms with Gasteiger partial charge >= 0.3 is 0 Å². The van der Waals surface area contributed by atoms with Crippen molar-refractivity contribution in [2.45, 2.75) is 38.3 Å². The lowest BCUT2D eigenvalue weighted by atomic mass is 9.96. The average molecular weight is 313 g/mol. The molecule has 3 heterocycles. The molecule has 23 heavy (non-hydrogen) atoms. The minimum atomic E-state index is 0.580. The highest BCUT2D eigenvalue weighted by atomic mass is 15.4. The molecule has 1 fully saturated rings. The molecule has 0 spiro atoms. The summed E-state index contributed by atoms with van der Waals surface area (Å²) in [5, 5.41) is 16.7. The van der Waals surface area contributed by atoms with Gasteiger partial charge in [-0.15, -0.1) is 10.2 Å². The molecule has 122 valence electrons. The molecule has 1 aliphatic heterocycles. The number of likely N-dealkylation sites (N-methyl/N-ethyl adjacent to an activating group) is 1. The maximum absolute atomic E-state index is 4.44. The molecule has 7 heteroatoms. The van der Waals surface area contributed by atoms with E-state index in [4.69, 9.17) is 0 Å². The van der Waals surface area contributed by atoms with Gasteiger partial charge in [0.25, 0.3) is 0 Å². The van der Waals surface area contributed by atoms with Crippen molar-refractivity contribution in [2.24, 2.45) is 0 Å². The van der Waals surface area contributed by atoms with Gasteiger partial charge in [0.1, 0.15) is 0 Å². The molecule has 7 nitrogen and oxygen atoms in total. The number of hydrogen-bond donors (Lipinski definition) is 0. The molecular formula is C16H23N7. The fourth-order valence-corrected chi connectivity index (χ4v) is 3.35. The standard InChI is InChI=1S/C16H23N7/c1-21(8-9-23-7-6-17-20-23)14-11-22(12-14)16-10-13-4-2-3-5-15(13)18-19-16/h6-7,10,14H,2-5,8-9,11-12H2,1H3. The van der Waals surface area contributed by atoms with Gasteiger partial charge in [-0.2, -0.15) is 5.10 Å². The second-order valence-electron chi connectivity index (χ2n) is 6.59. The van der Waals surface area contributed by atoms with E-state index < -0.39 is 0 Å². The fourth-order valence-electron chi connectivity index (χ4n) is 3.35. The number of aromatic nitrogens is 5. The van der Waals surface area contributed by atoms with Crippen LogP contribution in [0.3, 0.4) is 0 Å². The van der Waals surface area contributed by atoms with Crippen LogP contribution in [0, 0.1) is 0 Å². The summed E-state index contributed by atoms with van der Waals surface area (Å²) in [7, 11) is 2.18. The maximum atomic E-state index is 4.44. The molecule has 1 saturated heterocycles. The van der Waals surface area contributed by atoms with E-state index in [1.54, 1.807) is 6.20 Å². The number of aryl methyl sites for hydroxylation is 2. The molecule has 0 amide bonds. The molecule has 0 N–H and O–H groups in total. The molecule has 0 bridgehead atoms. The van der Waals surface area contributed by atoms with Crippen LogP contribution in [0.4, 0.5) is 5.82 Å². The van der Waals surface area contributed by atoms with Gasteiger partial charge in [-0.05, 0) is 44.4 Å². The van der Waals surface area contributed by atoms with E-state index in [1.165, 1.54) is 24.1 Å². The van der Waals surface area contributed by atoms with Gasteiger partial charge in [0, 0.05) is 31.9 Å². The summed E-state index contributed by atoms with van der Waals surface area (Å²) in [5.41, 5.74) is 2.62. The van der Waals surface area contributed by atoms with Gasteiger partial charge < -0.3 is 4.90 Å². The molecule has 1 aliphatic carbocycles. The Balaban J connectivity index is 1.30. The average Bonchev–Trinajstić information content (AvgIpc) is 3.05. The second kappa shape index (κ2) is 6.23. The van der Waals surface area contributed by atoms with Crippen molar-refractivity contribution in [1.82, 2.24) is 30.1 Å². The Bertz CT molecular complexity index is 648. The molecule has 0 radical (unpaired) electrons. The zero-order valence-corrected chi connectivity index (χ0v) is 13.6. The molecule has 0 unspecified atom stereocenters. The number of anilines is 1. The first-order valence-electron chi connectivity index (χ1n) is 8.44. The quantitative estimate of drug-likeness (QED) is 0.812. The zero-order valence-electron chi connectivity index (χ0n) is 13.6. The van der Waals surface area contributed by atoms with Crippen molar-refractivity contribution in [1.29, 1.82) is 0 Å². The highest BCUT2D eigenvalue weighted by Gasteiger charge is 2.31. The Hall–Kier alpha value is -2.02. The third-order valence-corrected chi connectivity index (χ3v) is 5.02. The number of hydrogen-bond acceptors (Lipinski definition) is 6. The summed E-state index contributed by atoms with van der Waals surface area (Å²) in [6, 6.07) is 2.84. The normalized spacial score (nSPS) is 18.1. The van der Waals surface area contributed by atoms with Crippen molar-refractivity contribution >= 4 is 5.82 Å². The van der Waals surface area contributed by atoms with E-state index in [-0.39, 0.29) is 0 Å². The zero-order chi connectivity index (χ0) is 15.6. The van der Waals surface area contributed by atoms with E-state index in [1.807, 2.05) is 10.9 Å². The Morgan fingerprint density at radius 1 is 1.22 bits per heavy atom. The lowest BCUT2D eigenvalue weighted by molar-refractivity contribution is 0.194. The van der Waals surface area contributed by atoms with Gasteiger partial charge in [-0.25, -0.2) is 0 Å². The Labute approximate surface area is 136 Å². The van der Waals surface area contributed by atoms with Crippen LogP contribution in [0.1, 0.15) is 24.1 Å². The van der Waals surface area contributed by atoms with Crippen LogP contribution in [0.2, 0.25) is 0 Å². The summed E-state index contributed by atoms with van der Waals surface area (Å²) in [6.07, 6.45) is 8.42. The molecule has 0 aromatic carbocycles. The number of fused-ring (bicyclic) bond motifs is 1. The first-order chi connectivity index (χ1) is 11.3. The molecule has 0 saturated carbocycles. The monoisotopic (exact) mass is 313 g/mol. The van der Waals surface area contributed by atoms with Crippen LogP contribution in [-0.4, -0.2) is 62.8 Å². The number of nitrogens with zero attached hydrogens (tertiary/aromatic N) is 7.